The number of piperidine rings is 1. The zero-order valence-corrected chi connectivity index (χ0v) is 13.3. The average Bonchev–Trinajstić information content (AvgIpc) is 2.34. The molecule has 1 aliphatic rings. The van der Waals surface area contributed by atoms with Gasteiger partial charge in [0.05, 0.1) is 4.92 Å². The summed E-state index contributed by atoms with van der Waals surface area (Å²) in [5, 5.41) is 14.2. The van der Waals surface area contributed by atoms with Gasteiger partial charge in [-0.1, -0.05) is 6.92 Å². The molecule has 0 saturated carbocycles. The fourth-order valence-corrected chi connectivity index (χ4v) is 3.16. The summed E-state index contributed by atoms with van der Waals surface area (Å²) in [6, 6.07) is 5.42. The third-order valence-electron chi connectivity index (χ3n) is 3.61. The molecule has 0 amide bonds. The van der Waals surface area contributed by atoms with E-state index in [0.717, 1.165) is 28.8 Å². The maximum atomic E-state index is 10.7. The van der Waals surface area contributed by atoms with Crippen molar-refractivity contribution in [1.82, 2.24) is 4.90 Å². The first-order valence-corrected chi connectivity index (χ1v) is 7.44. The molecule has 0 bridgehead atoms. The molecule has 0 aliphatic carbocycles. The first-order chi connectivity index (χ1) is 8.97. The zero-order valence-electron chi connectivity index (χ0n) is 11.1. The Morgan fingerprint density at radius 1 is 1.53 bits per heavy atom. The SMILES string of the molecule is CC1CN(C)CCC1Nc1ccc([N+](=O)[O-])cc1I. The Balaban J connectivity index is 2.09. The number of hydrogen-bond donors (Lipinski definition) is 1. The zero-order chi connectivity index (χ0) is 14.0. The van der Waals surface area contributed by atoms with Gasteiger partial charge in [0.2, 0.25) is 0 Å². The number of benzene rings is 1. The predicted octanol–water partition coefficient (Wildman–Crippen LogP) is 2.95. The lowest BCUT2D eigenvalue weighted by Gasteiger charge is -2.36. The van der Waals surface area contributed by atoms with Gasteiger partial charge >= 0.3 is 0 Å². The highest BCUT2D eigenvalue weighted by molar-refractivity contribution is 14.1. The van der Waals surface area contributed by atoms with Crippen LogP contribution in [0.4, 0.5) is 11.4 Å². The number of nitrogens with zero attached hydrogens (tertiary/aromatic N) is 2. The van der Waals surface area contributed by atoms with Gasteiger partial charge in [-0.25, -0.2) is 0 Å². The van der Waals surface area contributed by atoms with Crippen molar-refractivity contribution in [2.75, 3.05) is 25.5 Å². The minimum absolute atomic E-state index is 0.145. The summed E-state index contributed by atoms with van der Waals surface area (Å²) in [4.78, 5) is 12.7. The molecular formula is C13H18IN3O2. The van der Waals surface area contributed by atoms with E-state index in [1.807, 2.05) is 6.07 Å². The molecule has 1 heterocycles. The van der Waals surface area contributed by atoms with E-state index in [0.29, 0.717) is 12.0 Å². The number of rotatable bonds is 3. The van der Waals surface area contributed by atoms with E-state index in [2.05, 4.69) is 46.8 Å². The summed E-state index contributed by atoms with van der Waals surface area (Å²) in [6.45, 7) is 4.42. The van der Waals surface area contributed by atoms with Gasteiger partial charge in [-0.2, -0.15) is 0 Å². The normalized spacial score (nSPS) is 24.2. The second kappa shape index (κ2) is 6.04. The largest absolute Gasteiger partial charge is 0.381 e. The van der Waals surface area contributed by atoms with E-state index in [4.69, 9.17) is 0 Å². The van der Waals surface area contributed by atoms with Crippen molar-refractivity contribution in [3.63, 3.8) is 0 Å². The van der Waals surface area contributed by atoms with Crippen LogP contribution in [0.2, 0.25) is 0 Å². The van der Waals surface area contributed by atoms with Crippen LogP contribution in [0.3, 0.4) is 0 Å². The third kappa shape index (κ3) is 3.56. The molecule has 0 spiro atoms. The molecule has 19 heavy (non-hydrogen) atoms. The van der Waals surface area contributed by atoms with E-state index in [9.17, 15) is 10.1 Å². The van der Waals surface area contributed by atoms with Crippen LogP contribution in [0.5, 0.6) is 0 Å². The van der Waals surface area contributed by atoms with Crippen molar-refractivity contribution in [2.45, 2.75) is 19.4 Å². The standard InChI is InChI=1S/C13H18IN3O2/c1-9-8-16(2)6-5-12(9)15-13-4-3-10(17(18)19)7-11(13)14/h3-4,7,9,12,15H,5-6,8H2,1-2H3. The topological polar surface area (TPSA) is 58.4 Å². The molecule has 2 rings (SSSR count). The molecular weight excluding hydrogens is 357 g/mol. The highest BCUT2D eigenvalue weighted by Gasteiger charge is 2.24. The van der Waals surface area contributed by atoms with Crippen molar-refractivity contribution in [2.24, 2.45) is 5.92 Å². The van der Waals surface area contributed by atoms with Crippen LogP contribution in [-0.2, 0) is 0 Å². The lowest BCUT2D eigenvalue weighted by molar-refractivity contribution is -0.384. The van der Waals surface area contributed by atoms with Crippen molar-refractivity contribution in [1.29, 1.82) is 0 Å². The van der Waals surface area contributed by atoms with E-state index >= 15 is 0 Å². The first-order valence-electron chi connectivity index (χ1n) is 6.36. The Kier molecular flexibility index (Phi) is 4.62. The molecule has 1 saturated heterocycles. The van der Waals surface area contributed by atoms with Crippen LogP contribution in [0.25, 0.3) is 0 Å². The van der Waals surface area contributed by atoms with Gasteiger partial charge in [-0.05, 0) is 54.6 Å². The number of hydrogen-bond acceptors (Lipinski definition) is 4. The number of nitro groups is 1. The minimum Gasteiger partial charge on any atom is -0.381 e. The average molecular weight is 375 g/mol. The van der Waals surface area contributed by atoms with Crippen molar-refractivity contribution in [3.05, 3.63) is 31.9 Å². The second-order valence-corrected chi connectivity index (χ2v) is 6.36. The molecule has 6 heteroatoms. The smallest absolute Gasteiger partial charge is 0.270 e. The van der Waals surface area contributed by atoms with Crippen LogP contribution < -0.4 is 5.32 Å². The van der Waals surface area contributed by atoms with Gasteiger partial charge in [0.15, 0.2) is 0 Å². The summed E-state index contributed by atoms with van der Waals surface area (Å²) in [5.41, 5.74) is 1.14. The molecule has 2 unspecified atom stereocenters. The van der Waals surface area contributed by atoms with Crippen molar-refractivity contribution >= 4 is 34.0 Å². The molecule has 0 aromatic heterocycles. The number of nitrogens with one attached hydrogen (secondary N) is 1. The highest BCUT2D eigenvalue weighted by atomic mass is 127. The lowest BCUT2D eigenvalue weighted by atomic mass is 9.94. The molecule has 0 radical (unpaired) electrons. The summed E-state index contributed by atoms with van der Waals surface area (Å²) < 4.78 is 0.901. The maximum Gasteiger partial charge on any atom is 0.270 e. The van der Waals surface area contributed by atoms with E-state index in [1.54, 1.807) is 12.1 Å². The quantitative estimate of drug-likeness (QED) is 0.502. The number of anilines is 1. The van der Waals surface area contributed by atoms with Crippen LogP contribution in [0.1, 0.15) is 13.3 Å². The minimum atomic E-state index is -0.357. The first kappa shape index (κ1) is 14.5. The second-order valence-electron chi connectivity index (χ2n) is 5.20. The molecule has 1 aliphatic heterocycles. The molecule has 1 N–H and O–H groups in total. The van der Waals surface area contributed by atoms with Crippen LogP contribution in [-0.4, -0.2) is 36.0 Å². The van der Waals surface area contributed by atoms with Crippen LogP contribution >= 0.6 is 22.6 Å². The van der Waals surface area contributed by atoms with Crippen molar-refractivity contribution in [3.8, 4) is 0 Å². The van der Waals surface area contributed by atoms with E-state index in [-0.39, 0.29) is 10.6 Å². The number of halogens is 1. The van der Waals surface area contributed by atoms with E-state index in [1.165, 1.54) is 0 Å². The predicted molar refractivity (Wildman–Crippen MR) is 84.5 cm³/mol. The van der Waals surface area contributed by atoms with Gasteiger partial charge < -0.3 is 10.2 Å². The van der Waals surface area contributed by atoms with Crippen LogP contribution in [0.15, 0.2) is 18.2 Å². The van der Waals surface area contributed by atoms with Gasteiger partial charge in [0, 0.05) is 34.0 Å². The Hall–Kier alpha value is -0.890. The van der Waals surface area contributed by atoms with Crippen LogP contribution in [0, 0.1) is 19.6 Å². The Labute approximate surface area is 126 Å². The Morgan fingerprint density at radius 2 is 2.26 bits per heavy atom. The molecule has 1 aromatic carbocycles. The lowest BCUT2D eigenvalue weighted by Crippen LogP contribution is -2.43. The van der Waals surface area contributed by atoms with Gasteiger partial charge in [0.25, 0.3) is 5.69 Å². The van der Waals surface area contributed by atoms with Crippen molar-refractivity contribution < 1.29 is 4.92 Å². The van der Waals surface area contributed by atoms with Gasteiger partial charge in [-0.3, -0.25) is 10.1 Å². The van der Waals surface area contributed by atoms with Gasteiger partial charge in [0.1, 0.15) is 0 Å². The molecule has 5 nitrogen and oxygen atoms in total. The number of non-ortho nitro benzene ring substituents is 1. The fraction of sp³-hybridized carbons (Fsp3) is 0.538. The highest BCUT2D eigenvalue weighted by Crippen LogP contribution is 2.27. The summed E-state index contributed by atoms with van der Waals surface area (Å²) in [7, 11) is 2.14. The molecule has 1 fully saturated rings. The summed E-state index contributed by atoms with van der Waals surface area (Å²) in [6.07, 6.45) is 1.10. The fourth-order valence-electron chi connectivity index (χ4n) is 2.50. The Bertz CT molecular complexity index is 481. The molecule has 104 valence electrons. The Morgan fingerprint density at radius 3 is 2.84 bits per heavy atom. The summed E-state index contributed by atoms with van der Waals surface area (Å²) >= 11 is 2.15. The number of likely N-dealkylation sites (tertiary alicyclic amines) is 1. The maximum absolute atomic E-state index is 10.7. The third-order valence-corrected chi connectivity index (χ3v) is 4.51. The van der Waals surface area contributed by atoms with E-state index < -0.39 is 0 Å². The number of nitro benzene ring substituents is 1. The summed E-state index contributed by atoms with van der Waals surface area (Å²) in [5.74, 6) is 0.574. The van der Waals surface area contributed by atoms with Gasteiger partial charge in [-0.15, -0.1) is 0 Å². The monoisotopic (exact) mass is 375 g/mol. The molecule has 1 aromatic rings. The molecule has 2 atom stereocenters.